The highest BCUT2D eigenvalue weighted by Crippen LogP contribution is 2.32. The molecular formula is C9H7NO3S. The number of amides is 2. The van der Waals surface area contributed by atoms with Crippen LogP contribution >= 0.6 is 11.8 Å². The number of thioether (sulfide) groups is 1. The molecule has 2 rings (SSSR count). The van der Waals surface area contributed by atoms with E-state index in [0.717, 1.165) is 16.7 Å². The van der Waals surface area contributed by atoms with Crippen molar-refractivity contribution in [2.75, 3.05) is 10.7 Å². The SMILES string of the molecule is O=C1CSC(=O)N1c1ccccc1O. The number of imide groups is 1. The summed E-state index contributed by atoms with van der Waals surface area (Å²) >= 11 is 0.943. The number of carbonyl (C=O) groups excluding carboxylic acids is 2. The predicted molar refractivity (Wildman–Crippen MR) is 53.4 cm³/mol. The largest absolute Gasteiger partial charge is 0.506 e. The molecule has 1 saturated heterocycles. The summed E-state index contributed by atoms with van der Waals surface area (Å²) in [7, 11) is 0. The summed E-state index contributed by atoms with van der Waals surface area (Å²) in [6, 6.07) is 6.28. The molecule has 1 aliphatic rings. The Morgan fingerprint density at radius 2 is 2.00 bits per heavy atom. The molecule has 0 bridgehead atoms. The number of hydrogen-bond acceptors (Lipinski definition) is 4. The standard InChI is InChI=1S/C9H7NO3S/c11-7-4-2-1-3-6(7)10-8(12)5-14-9(10)13/h1-4,11H,5H2. The van der Waals surface area contributed by atoms with Crippen LogP contribution in [0.5, 0.6) is 5.75 Å². The first kappa shape index (κ1) is 9.08. The van der Waals surface area contributed by atoms with Crippen molar-refractivity contribution >= 4 is 28.6 Å². The molecule has 0 atom stereocenters. The van der Waals surface area contributed by atoms with E-state index in [2.05, 4.69) is 0 Å². The fraction of sp³-hybridized carbons (Fsp3) is 0.111. The molecular weight excluding hydrogens is 202 g/mol. The summed E-state index contributed by atoms with van der Waals surface area (Å²) in [6.45, 7) is 0. The van der Waals surface area contributed by atoms with Crippen LogP contribution in [-0.4, -0.2) is 22.0 Å². The summed E-state index contributed by atoms with van der Waals surface area (Å²) in [5, 5.41) is 9.11. The van der Waals surface area contributed by atoms with Gasteiger partial charge in [-0.25, -0.2) is 4.90 Å². The number of phenols is 1. The van der Waals surface area contributed by atoms with E-state index < -0.39 is 0 Å². The molecule has 0 unspecified atom stereocenters. The lowest BCUT2D eigenvalue weighted by molar-refractivity contribution is -0.115. The van der Waals surface area contributed by atoms with Gasteiger partial charge < -0.3 is 5.11 Å². The van der Waals surface area contributed by atoms with E-state index in [4.69, 9.17) is 0 Å². The lowest BCUT2D eigenvalue weighted by Gasteiger charge is -2.13. The number of anilines is 1. The van der Waals surface area contributed by atoms with Crippen LogP contribution in [0.1, 0.15) is 0 Å². The third-order valence-corrected chi connectivity index (χ3v) is 2.69. The van der Waals surface area contributed by atoms with Gasteiger partial charge in [0, 0.05) is 0 Å². The fourth-order valence-corrected chi connectivity index (χ4v) is 1.95. The zero-order valence-corrected chi connectivity index (χ0v) is 7.95. The quantitative estimate of drug-likeness (QED) is 0.763. The average molecular weight is 209 g/mol. The van der Waals surface area contributed by atoms with E-state index in [9.17, 15) is 14.7 Å². The van der Waals surface area contributed by atoms with E-state index in [1.807, 2.05) is 0 Å². The molecule has 1 aromatic carbocycles. The number of nitrogens with zero attached hydrogens (tertiary/aromatic N) is 1. The van der Waals surface area contributed by atoms with E-state index in [1.165, 1.54) is 12.1 Å². The molecule has 0 spiro atoms. The van der Waals surface area contributed by atoms with Crippen LogP contribution in [0.3, 0.4) is 0 Å². The van der Waals surface area contributed by atoms with Crippen LogP contribution in [0.4, 0.5) is 10.5 Å². The summed E-state index contributed by atoms with van der Waals surface area (Å²) in [4.78, 5) is 23.6. The van der Waals surface area contributed by atoms with Gasteiger partial charge in [-0.3, -0.25) is 9.59 Å². The van der Waals surface area contributed by atoms with E-state index >= 15 is 0 Å². The molecule has 5 heteroatoms. The maximum absolute atomic E-state index is 11.3. The van der Waals surface area contributed by atoms with Gasteiger partial charge in [-0.2, -0.15) is 0 Å². The van der Waals surface area contributed by atoms with Gasteiger partial charge in [0.05, 0.1) is 11.4 Å². The van der Waals surface area contributed by atoms with Crippen LogP contribution < -0.4 is 4.90 Å². The van der Waals surface area contributed by atoms with Crippen molar-refractivity contribution in [3.05, 3.63) is 24.3 Å². The molecule has 0 aliphatic carbocycles. The monoisotopic (exact) mass is 209 g/mol. The van der Waals surface area contributed by atoms with Gasteiger partial charge in [-0.05, 0) is 12.1 Å². The Bertz CT molecular complexity index is 389. The Morgan fingerprint density at radius 3 is 2.57 bits per heavy atom. The molecule has 1 aliphatic heterocycles. The second-order valence-electron chi connectivity index (χ2n) is 2.77. The van der Waals surface area contributed by atoms with Crippen molar-refractivity contribution in [3.63, 3.8) is 0 Å². The molecule has 1 fully saturated rings. The molecule has 2 amide bonds. The number of phenolic OH excluding ortho intramolecular Hbond substituents is 1. The Morgan fingerprint density at radius 1 is 1.29 bits per heavy atom. The summed E-state index contributed by atoms with van der Waals surface area (Å²) < 4.78 is 0. The van der Waals surface area contributed by atoms with Gasteiger partial charge in [0.15, 0.2) is 0 Å². The van der Waals surface area contributed by atoms with E-state index in [1.54, 1.807) is 12.1 Å². The third kappa shape index (κ3) is 1.35. The zero-order valence-electron chi connectivity index (χ0n) is 7.14. The van der Waals surface area contributed by atoms with Crippen LogP contribution in [0.25, 0.3) is 0 Å². The minimum Gasteiger partial charge on any atom is -0.506 e. The number of para-hydroxylation sites is 2. The molecule has 4 nitrogen and oxygen atoms in total. The Balaban J connectivity index is 2.44. The van der Waals surface area contributed by atoms with Gasteiger partial charge in [0.1, 0.15) is 5.75 Å². The maximum Gasteiger partial charge on any atom is 0.293 e. The van der Waals surface area contributed by atoms with Crippen LogP contribution in [-0.2, 0) is 4.79 Å². The molecule has 1 aromatic rings. The second-order valence-corrected chi connectivity index (χ2v) is 3.70. The second kappa shape index (κ2) is 3.34. The van der Waals surface area contributed by atoms with E-state index in [0.29, 0.717) is 0 Å². The highest BCUT2D eigenvalue weighted by Gasteiger charge is 2.32. The molecule has 0 aromatic heterocycles. The molecule has 72 valence electrons. The topological polar surface area (TPSA) is 57.6 Å². The highest BCUT2D eigenvalue weighted by molar-refractivity contribution is 8.15. The van der Waals surface area contributed by atoms with Gasteiger partial charge in [-0.15, -0.1) is 0 Å². The minimum atomic E-state index is -0.337. The number of benzene rings is 1. The molecule has 0 saturated carbocycles. The molecule has 0 radical (unpaired) electrons. The lowest BCUT2D eigenvalue weighted by Crippen LogP contribution is -2.28. The van der Waals surface area contributed by atoms with Crippen LogP contribution in [0.2, 0.25) is 0 Å². The first-order chi connectivity index (χ1) is 6.70. The van der Waals surface area contributed by atoms with Gasteiger partial charge in [-0.1, -0.05) is 23.9 Å². The predicted octanol–water partition coefficient (Wildman–Crippen LogP) is 1.59. The first-order valence-electron chi connectivity index (χ1n) is 3.98. The Labute approximate surface area is 84.5 Å². The average Bonchev–Trinajstić information content (AvgIpc) is 2.48. The van der Waals surface area contributed by atoms with Crippen molar-refractivity contribution in [3.8, 4) is 5.75 Å². The lowest BCUT2D eigenvalue weighted by atomic mass is 10.2. The van der Waals surface area contributed by atoms with Crippen molar-refractivity contribution in [1.29, 1.82) is 0 Å². The third-order valence-electron chi connectivity index (χ3n) is 1.87. The number of carbonyl (C=O) groups is 2. The summed E-state index contributed by atoms with van der Waals surface area (Å²) in [5.74, 6) is -0.203. The van der Waals surface area contributed by atoms with Crippen LogP contribution in [0.15, 0.2) is 24.3 Å². The first-order valence-corrected chi connectivity index (χ1v) is 4.96. The zero-order chi connectivity index (χ0) is 10.1. The molecule has 1 N–H and O–H groups in total. The minimum absolute atomic E-state index is 0.0586. The van der Waals surface area contributed by atoms with Crippen molar-refractivity contribution < 1.29 is 14.7 Å². The highest BCUT2D eigenvalue weighted by atomic mass is 32.2. The van der Waals surface area contributed by atoms with Crippen molar-refractivity contribution in [2.45, 2.75) is 0 Å². The molecule has 1 heterocycles. The number of aromatic hydroxyl groups is 1. The smallest absolute Gasteiger partial charge is 0.293 e. The normalized spacial score (nSPS) is 16.4. The summed E-state index contributed by atoms with van der Waals surface area (Å²) in [6.07, 6.45) is 0. The van der Waals surface area contributed by atoms with Crippen LogP contribution in [0, 0.1) is 0 Å². The Kier molecular flexibility index (Phi) is 2.17. The van der Waals surface area contributed by atoms with Gasteiger partial charge in [0.25, 0.3) is 5.24 Å². The summed E-state index contributed by atoms with van der Waals surface area (Å²) in [5.41, 5.74) is 0.257. The maximum atomic E-state index is 11.3. The number of hydrogen-bond donors (Lipinski definition) is 1. The van der Waals surface area contributed by atoms with Gasteiger partial charge >= 0.3 is 0 Å². The van der Waals surface area contributed by atoms with Crippen molar-refractivity contribution in [1.82, 2.24) is 0 Å². The number of rotatable bonds is 1. The molecule has 14 heavy (non-hydrogen) atoms. The van der Waals surface area contributed by atoms with Crippen molar-refractivity contribution in [2.24, 2.45) is 0 Å². The fourth-order valence-electron chi connectivity index (χ4n) is 1.24. The van der Waals surface area contributed by atoms with E-state index in [-0.39, 0.29) is 28.3 Å². The van der Waals surface area contributed by atoms with Gasteiger partial charge in [0.2, 0.25) is 5.91 Å². The Hall–Kier alpha value is -1.49.